The standard InChI is InChI=1S/C13H17NO/c1-9(2)11-6-5-10-7-8-14(3)12(10)13(11)15-4/h5-9H,1-4H3. The molecule has 0 unspecified atom stereocenters. The molecule has 0 aliphatic heterocycles. The molecule has 1 aromatic carbocycles. The van der Waals surface area contributed by atoms with Crippen LogP contribution in [0.4, 0.5) is 0 Å². The molecule has 0 amide bonds. The van der Waals surface area contributed by atoms with Crippen LogP contribution >= 0.6 is 0 Å². The van der Waals surface area contributed by atoms with E-state index in [0.29, 0.717) is 5.92 Å². The number of hydrogen-bond acceptors (Lipinski definition) is 1. The summed E-state index contributed by atoms with van der Waals surface area (Å²) in [6.45, 7) is 4.37. The molecule has 0 aliphatic rings. The van der Waals surface area contributed by atoms with Gasteiger partial charge in [-0.1, -0.05) is 26.0 Å². The van der Waals surface area contributed by atoms with E-state index in [1.54, 1.807) is 7.11 Å². The molecule has 2 rings (SSSR count). The van der Waals surface area contributed by atoms with E-state index >= 15 is 0 Å². The minimum atomic E-state index is 0.485. The summed E-state index contributed by atoms with van der Waals surface area (Å²) in [6.07, 6.45) is 2.07. The van der Waals surface area contributed by atoms with Gasteiger partial charge in [-0.05, 0) is 17.5 Å². The number of hydrogen-bond donors (Lipinski definition) is 0. The molecule has 0 bridgehead atoms. The number of aromatic nitrogens is 1. The number of aryl methyl sites for hydroxylation is 1. The van der Waals surface area contributed by atoms with Crippen molar-refractivity contribution in [3.63, 3.8) is 0 Å². The zero-order valence-electron chi connectivity index (χ0n) is 9.74. The number of ether oxygens (including phenoxy) is 1. The zero-order chi connectivity index (χ0) is 11.0. The first-order chi connectivity index (χ1) is 7.15. The third-order valence-electron chi connectivity index (χ3n) is 2.85. The van der Waals surface area contributed by atoms with E-state index in [1.807, 2.05) is 0 Å². The van der Waals surface area contributed by atoms with Gasteiger partial charge in [-0.2, -0.15) is 0 Å². The van der Waals surface area contributed by atoms with Gasteiger partial charge in [-0.25, -0.2) is 0 Å². The van der Waals surface area contributed by atoms with Gasteiger partial charge in [0, 0.05) is 18.6 Å². The minimum absolute atomic E-state index is 0.485. The highest BCUT2D eigenvalue weighted by atomic mass is 16.5. The van der Waals surface area contributed by atoms with Crippen molar-refractivity contribution in [3.8, 4) is 5.75 Å². The van der Waals surface area contributed by atoms with Gasteiger partial charge in [0.2, 0.25) is 0 Å². The van der Waals surface area contributed by atoms with Crippen LogP contribution in [0.1, 0.15) is 25.3 Å². The molecule has 2 heteroatoms. The second-order valence-corrected chi connectivity index (χ2v) is 4.21. The predicted octanol–water partition coefficient (Wildman–Crippen LogP) is 3.31. The quantitative estimate of drug-likeness (QED) is 0.730. The Morgan fingerprint density at radius 3 is 2.53 bits per heavy atom. The van der Waals surface area contributed by atoms with E-state index in [-0.39, 0.29) is 0 Å². The van der Waals surface area contributed by atoms with Crippen LogP contribution in [0.15, 0.2) is 24.4 Å². The maximum atomic E-state index is 5.54. The molecule has 0 saturated heterocycles. The van der Waals surface area contributed by atoms with Gasteiger partial charge >= 0.3 is 0 Å². The molecular formula is C13H17NO. The second kappa shape index (κ2) is 3.61. The van der Waals surface area contributed by atoms with Crippen LogP contribution in [0.2, 0.25) is 0 Å². The molecule has 0 N–H and O–H groups in total. The molecule has 0 saturated carbocycles. The summed E-state index contributed by atoms with van der Waals surface area (Å²) in [7, 11) is 3.79. The van der Waals surface area contributed by atoms with Crippen molar-refractivity contribution in [2.75, 3.05) is 7.11 Å². The van der Waals surface area contributed by atoms with Crippen molar-refractivity contribution in [1.82, 2.24) is 4.57 Å². The van der Waals surface area contributed by atoms with Gasteiger partial charge in [-0.3, -0.25) is 0 Å². The van der Waals surface area contributed by atoms with Gasteiger partial charge in [0.15, 0.2) is 0 Å². The molecule has 2 aromatic rings. The Labute approximate surface area is 90.5 Å². The number of rotatable bonds is 2. The lowest BCUT2D eigenvalue weighted by molar-refractivity contribution is 0.411. The van der Waals surface area contributed by atoms with Crippen LogP contribution in [0, 0.1) is 0 Å². The summed E-state index contributed by atoms with van der Waals surface area (Å²) in [5.74, 6) is 1.49. The van der Waals surface area contributed by atoms with Crippen LogP contribution in [0.3, 0.4) is 0 Å². The maximum Gasteiger partial charge on any atom is 0.146 e. The maximum absolute atomic E-state index is 5.54. The van der Waals surface area contributed by atoms with Crippen LogP contribution in [-0.2, 0) is 7.05 Å². The molecule has 0 atom stereocenters. The van der Waals surface area contributed by atoms with Crippen molar-refractivity contribution in [1.29, 1.82) is 0 Å². The molecule has 0 spiro atoms. The zero-order valence-corrected chi connectivity index (χ0v) is 9.74. The van der Waals surface area contributed by atoms with Crippen molar-refractivity contribution in [2.45, 2.75) is 19.8 Å². The molecular weight excluding hydrogens is 186 g/mol. The van der Waals surface area contributed by atoms with Gasteiger partial charge in [-0.15, -0.1) is 0 Å². The average Bonchev–Trinajstić information content (AvgIpc) is 2.59. The van der Waals surface area contributed by atoms with Gasteiger partial charge in [0.25, 0.3) is 0 Å². The minimum Gasteiger partial charge on any atom is -0.494 e. The van der Waals surface area contributed by atoms with Crippen LogP contribution in [-0.4, -0.2) is 11.7 Å². The van der Waals surface area contributed by atoms with Gasteiger partial charge in [0.05, 0.1) is 12.6 Å². The Morgan fingerprint density at radius 1 is 1.20 bits per heavy atom. The molecule has 0 fully saturated rings. The lowest BCUT2D eigenvalue weighted by atomic mass is 10.0. The third kappa shape index (κ3) is 1.50. The van der Waals surface area contributed by atoms with Crippen molar-refractivity contribution >= 4 is 10.9 Å². The second-order valence-electron chi connectivity index (χ2n) is 4.21. The molecule has 2 nitrogen and oxygen atoms in total. The summed E-state index contributed by atoms with van der Waals surface area (Å²) >= 11 is 0. The summed E-state index contributed by atoms with van der Waals surface area (Å²) < 4.78 is 7.65. The fourth-order valence-electron chi connectivity index (χ4n) is 2.04. The highest BCUT2D eigenvalue weighted by Gasteiger charge is 2.12. The van der Waals surface area contributed by atoms with E-state index in [0.717, 1.165) is 5.75 Å². The average molecular weight is 203 g/mol. The highest BCUT2D eigenvalue weighted by molar-refractivity contribution is 5.87. The fraction of sp³-hybridized carbons (Fsp3) is 0.385. The van der Waals surface area contributed by atoms with Crippen LogP contribution in [0.5, 0.6) is 5.75 Å². The molecule has 1 aromatic heterocycles. The van der Waals surface area contributed by atoms with Crippen LogP contribution < -0.4 is 4.74 Å². The molecule has 15 heavy (non-hydrogen) atoms. The van der Waals surface area contributed by atoms with E-state index in [2.05, 4.69) is 49.9 Å². The number of benzene rings is 1. The molecule has 1 heterocycles. The smallest absolute Gasteiger partial charge is 0.146 e. The monoisotopic (exact) mass is 203 g/mol. The Morgan fingerprint density at radius 2 is 1.93 bits per heavy atom. The first-order valence-electron chi connectivity index (χ1n) is 5.27. The van der Waals surface area contributed by atoms with Crippen molar-refractivity contribution in [2.24, 2.45) is 7.05 Å². The van der Waals surface area contributed by atoms with Crippen LogP contribution in [0.25, 0.3) is 10.9 Å². The summed E-state index contributed by atoms with van der Waals surface area (Å²) in [4.78, 5) is 0. The third-order valence-corrected chi connectivity index (χ3v) is 2.85. The lowest BCUT2D eigenvalue weighted by Gasteiger charge is -2.13. The van der Waals surface area contributed by atoms with E-state index in [4.69, 9.17) is 4.74 Å². The van der Waals surface area contributed by atoms with E-state index < -0.39 is 0 Å². The van der Waals surface area contributed by atoms with E-state index in [1.165, 1.54) is 16.5 Å². The highest BCUT2D eigenvalue weighted by Crippen LogP contribution is 2.34. The number of methoxy groups -OCH3 is 1. The largest absolute Gasteiger partial charge is 0.494 e. The fourth-order valence-corrected chi connectivity index (χ4v) is 2.04. The summed E-state index contributed by atoms with van der Waals surface area (Å²) in [6, 6.07) is 6.43. The molecule has 80 valence electrons. The first kappa shape index (κ1) is 10.1. The van der Waals surface area contributed by atoms with Crippen molar-refractivity contribution < 1.29 is 4.74 Å². The Kier molecular flexibility index (Phi) is 2.43. The lowest BCUT2D eigenvalue weighted by Crippen LogP contribution is -1.97. The topological polar surface area (TPSA) is 14.2 Å². The Balaban J connectivity index is 2.79. The Hall–Kier alpha value is -1.44. The number of fused-ring (bicyclic) bond motifs is 1. The van der Waals surface area contributed by atoms with Gasteiger partial charge in [0.1, 0.15) is 5.75 Å². The van der Waals surface area contributed by atoms with Crippen molar-refractivity contribution in [3.05, 3.63) is 30.0 Å². The normalized spacial score (nSPS) is 11.3. The molecule has 0 aliphatic carbocycles. The number of nitrogens with zero attached hydrogens (tertiary/aromatic N) is 1. The first-order valence-corrected chi connectivity index (χ1v) is 5.27. The SMILES string of the molecule is COc1c(C(C)C)ccc2ccn(C)c12. The van der Waals surface area contributed by atoms with Gasteiger partial charge < -0.3 is 9.30 Å². The summed E-state index contributed by atoms with van der Waals surface area (Å²) in [5.41, 5.74) is 2.45. The van der Waals surface area contributed by atoms with E-state index in [9.17, 15) is 0 Å². The summed E-state index contributed by atoms with van der Waals surface area (Å²) in [5, 5.41) is 1.23. The molecule has 0 radical (unpaired) electrons. The Bertz CT molecular complexity index is 482. The predicted molar refractivity (Wildman–Crippen MR) is 63.6 cm³/mol.